The van der Waals surface area contributed by atoms with Crippen molar-refractivity contribution in [1.82, 2.24) is 9.97 Å². The van der Waals surface area contributed by atoms with Crippen LogP contribution in [-0.4, -0.2) is 33.3 Å². The van der Waals surface area contributed by atoms with Crippen LogP contribution >= 0.6 is 0 Å². The summed E-state index contributed by atoms with van der Waals surface area (Å²) in [6, 6.07) is 6.10. The molecule has 0 saturated carbocycles. The van der Waals surface area contributed by atoms with E-state index in [4.69, 9.17) is 4.74 Å². The van der Waals surface area contributed by atoms with Crippen LogP contribution in [0.15, 0.2) is 30.3 Å². The molecule has 0 spiro atoms. The molecule has 25 heavy (non-hydrogen) atoms. The molecule has 1 aromatic heterocycles. The average Bonchev–Trinajstić information content (AvgIpc) is 2.53. The smallest absolute Gasteiger partial charge is 0.309 e. The second kappa shape index (κ2) is 7.11. The molecular formula is C19H19FN2O3. The van der Waals surface area contributed by atoms with Crippen molar-refractivity contribution < 1.29 is 19.0 Å². The largest absolute Gasteiger partial charge is 0.458 e. The summed E-state index contributed by atoms with van der Waals surface area (Å²) in [4.78, 5) is 20.3. The Bertz CT molecular complexity index is 818. The molecule has 1 aromatic carbocycles. The molecule has 2 heterocycles. The van der Waals surface area contributed by atoms with E-state index in [1.165, 1.54) is 12.1 Å². The number of cyclic esters (lactones) is 1. The van der Waals surface area contributed by atoms with E-state index < -0.39 is 18.2 Å². The second-order valence-corrected chi connectivity index (χ2v) is 6.11. The molecule has 0 aliphatic carbocycles. The lowest BCUT2D eigenvalue weighted by molar-refractivity contribution is -0.156. The highest BCUT2D eigenvalue weighted by molar-refractivity contribution is 5.74. The summed E-state index contributed by atoms with van der Waals surface area (Å²) in [5, 5.41) is 9.70. The molecule has 5 nitrogen and oxygen atoms in total. The normalized spacial score (nSPS) is 20.7. The number of benzene rings is 1. The monoisotopic (exact) mass is 342 g/mol. The number of nitrogens with zero attached hydrogens (tertiary/aromatic N) is 2. The summed E-state index contributed by atoms with van der Waals surface area (Å²) in [5.74, 6) is -0.107. The van der Waals surface area contributed by atoms with Gasteiger partial charge >= 0.3 is 5.97 Å². The molecule has 0 unspecified atom stereocenters. The molecule has 1 aliphatic heterocycles. The first-order chi connectivity index (χ1) is 11.9. The number of rotatable bonds is 3. The topological polar surface area (TPSA) is 72.3 Å². The molecule has 3 rings (SSSR count). The van der Waals surface area contributed by atoms with Crippen molar-refractivity contribution in [3.05, 3.63) is 53.2 Å². The number of carbonyl (C=O) groups excluding carboxylic acids is 1. The Morgan fingerprint density at radius 1 is 1.24 bits per heavy atom. The van der Waals surface area contributed by atoms with Gasteiger partial charge in [-0.15, -0.1) is 0 Å². The van der Waals surface area contributed by atoms with E-state index in [1.807, 2.05) is 6.92 Å². The number of aliphatic hydroxyl groups excluding tert-OH is 1. The lowest BCUT2D eigenvalue weighted by Gasteiger charge is -2.23. The number of halogens is 1. The van der Waals surface area contributed by atoms with Gasteiger partial charge in [-0.1, -0.05) is 6.08 Å². The van der Waals surface area contributed by atoms with E-state index in [1.54, 1.807) is 31.2 Å². The second-order valence-electron chi connectivity index (χ2n) is 6.11. The quantitative estimate of drug-likeness (QED) is 0.868. The number of aromatic nitrogens is 2. The van der Waals surface area contributed by atoms with Gasteiger partial charge in [0.05, 0.1) is 18.2 Å². The summed E-state index contributed by atoms with van der Waals surface area (Å²) in [5.41, 5.74) is 3.00. The van der Waals surface area contributed by atoms with Gasteiger partial charge in [-0.2, -0.15) is 0 Å². The van der Waals surface area contributed by atoms with Gasteiger partial charge in [-0.25, -0.2) is 14.4 Å². The molecule has 2 aromatic rings. The molecule has 1 aliphatic rings. The zero-order chi connectivity index (χ0) is 18.0. The van der Waals surface area contributed by atoms with Crippen LogP contribution in [0.1, 0.15) is 29.9 Å². The minimum absolute atomic E-state index is 0.0256. The van der Waals surface area contributed by atoms with E-state index in [2.05, 4.69) is 9.97 Å². The van der Waals surface area contributed by atoms with E-state index in [0.29, 0.717) is 17.9 Å². The van der Waals surface area contributed by atoms with Gasteiger partial charge in [0.2, 0.25) is 0 Å². The van der Waals surface area contributed by atoms with Gasteiger partial charge in [-0.3, -0.25) is 4.79 Å². The Hall–Kier alpha value is -2.60. The molecule has 130 valence electrons. The van der Waals surface area contributed by atoms with E-state index in [-0.39, 0.29) is 12.2 Å². The maximum atomic E-state index is 13.2. The van der Waals surface area contributed by atoms with Gasteiger partial charge in [0.25, 0.3) is 0 Å². The summed E-state index contributed by atoms with van der Waals surface area (Å²) in [6.07, 6.45) is 2.73. The van der Waals surface area contributed by atoms with Crippen molar-refractivity contribution in [2.75, 3.05) is 0 Å². The van der Waals surface area contributed by atoms with Crippen LogP contribution in [0, 0.1) is 19.7 Å². The van der Waals surface area contributed by atoms with Crippen LogP contribution in [0.25, 0.3) is 17.3 Å². The van der Waals surface area contributed by atoms with E-state index in [9.17, 15) is 14.3 Å². The maximum Gasteiger partial charge on any atom is 0.309 e. The molecular weight excluding hydrogens is 323 g/mol. The van der Waals surface area contributed by atoms with Crippen molar-refractivity contribution in [2.24, 2.45) is 0 Å². The summed E-state index contributed by atoms with van der Waals surface area (Å²) in [7, 11) is 0. The Morgan fingerprint density at radius 2 is 1.96 bits per heavy atom. The molecule has 1 saturated heterocycles. The van der Waals surface area contributed by atoms with Gasteiger partial charge in [0.15, 0.2) is 0 Å². The van der Waals surface area contributed by atoms with E-state index >= 15 is 0 Å². The Morgan fingerprint density at radius 3 is 2.64 bits per heavy atom. The van der Waals surface area contributed by atoms with Crippen molar-refractivity contribution in [1.29, 1.82) is 0 Å². The standard InChI is InChI=1S/C19H19FN2O3/c1-11-17(8-7-16-9-15(23)10-18(24)25-16)19(22-12(2)21-11)13-3-5-14(20)6-4-13/h3-8,15-16,23H,9-10H2,1-2H3/t15-,16-/m0/s1. The minimum Gasteiger partial charge on any atom is -0.458 e. The van der Waals surface area contributed by atoms with Gasteiger partial charge in [0, 0.05) is 23.2 Å². The lowest BCUT2D eigenvalue weighted by atomic mass is 10.0. The summed E-state index contributed by atoms with van der Waals surface area (Å²) >= 11 is 0. The predicted molar refractivity (Wildman–Crippen MR) is 91.1 cm³/mol. The molecule has 2 atom stereocenters. The zero-order valence-electron chi connectivity index (χ0n) is 14.1. The van der Waals surface area contributed by atoms with Crippen LogP contribution in [0.3, 0.4) is 0 Å². The number of hydrogen-bond acceptors (Lipinski definition) is 5. The highest BCUT2D eigenvalue weighted by Crippen LogP contribution is 2.26. The van der Waals surface area contributed by atoms with Crippen LogP contribution in [0.2, 0.25) is 0 Å². The lowest BCUT2D eigenvalue weighted by Crippen LogP contribution is -2.31. The van der Waals surface area contributed by atoms with Crippen molar-refractivity contribution in [3.8, 4) is 11.3 Å². The highest BCUT2D eigenvalue weighted by Gasteiger charge is 2.25. The average molecular weight is 342 g/mol. The Balaban J connectivity index is 1.96. The molecule has 0 radical (unpaired) electrons. The number of carbonyl (C=O) groups is 1. The maximum absolute atomic E-state index is 13.2. The minimum atomic E-state index is -0.692. The number of ether oxygens (including phenoxy) is 1. The number of aryl methyl sites for hydroxylation is 2. The van der Waals surface area contributed by atoms with Crippen molar-refractivity contribution in [2.45, 2.75) is 38.9 Å². The van der Waals surface area contributed by atoms with Gasteiger partial charge < -0.3 is 9.84 Å². The third-order valence-corrected chi connectivity index (χ3v) is 4.03. The summed E-state index contributed by atoms with van der Waals surface area (Å²) < 4.78 is 18.4. The molecule has 1 fully saturated rings. The van der Waals surface area contributed by atoms with Gasteiger partial charge in [-0.05, 0) is 44.2 Å². The molecule has 0 amide bonds. The fraction of sp³-hybridized carbons (Fsp3) is 0.316. The number of hydrogen-bond donors (Lipinski definition) is 1. The molecule has 0 bridgehead atoms. The molecule has 1 N–H and O–H groups in total. The van der Waals surface area contributed by atoms with Crippen LogP contribution in [0.4, 0.5) is 4.39 Å². The third-order valence-electron chi connectivity index (χ3n) is 4.03. The third kappa shape index (κ3) is 4.09. The fourth-order valence-electron chi connectivity index (χ4n) is 2.88. The van der Waals surface area contributed by atoms with Crippen LogP contribution < -0.4 is 0 Å². The van der Waals surface area contributed by atoms with Gasteiger partial charge in [0.1, 0.15) is 17.7 Å². The van der Waals surface area contributed by atoms with E-state index in [0.717, 1.165) is 16.8 Å². The highest BCUT2D eigenvalue weighted by atomic mass is 19.1. The SMILES string of the molecule is Cc1nc(C)c(C=C[C@H]2C[C@H](O)CC(=O)O2)c(-c2ccc(F)cc2)n1. The van der Waals surface area contributed by atoms with Crippen LogP contribution in [0.5, 0.6) is 0 Å². The van der Waals surface area contributed by atoms with Crippen molar-refractivity contribution in [3.63, 3.8) is 0 Å². The first-order valence-electron chi connectivity index (χ1n) is 8.09. The zero-order valence-corrected chi connectivity index (χ0v) is 14.1. The van der Waals surface area contributed by atoms with Crippen LogP contribution in [-0.2, 0) is 9.53 Å². The Labute approximate surface area is 145 Å². The number of aliphatic hydroxyl groups is 1. The first-order valence-corrected chi connectivity index (χ1v) is 8.09. The number of esters is 1. The fourth-order valence-corrected chi connectivity index (χ4v) is 2.88. The predicted octanol–water partition coefficient (Wildman–Crippen LogP) is 2.98. The first kappa shape index (κ1) is 17.2. The Kier molecular flexibility index (Phi) is 4.90. The summed E-state index contributed by atoms with van der Waals surface area (Å²) in [6.45, 7) is 3.66. The molecule has 6 heteroatoms. The van der Waals surface area contributed by atoms with Crippen molar-refractivity contribution >= 4 is 12.0 Å².